The molecule has 0 radical (unpaired) electrons. The second-order valence-electron chi connectivity index (χ2n) is 5.13. The first-order valence-electron chi connectivity index (χ1n) is 6.90. The van der Waals surface area contributed by atoms with Gasteiger partial charge < -0.3 is 0 Å². The van der Waals surface area contributed by atoms with Crippen LogP contribution in [0, 0.1) is 6.92 Å². The lowest BCUT2D eigenvalue weighted by Crippen LogP contribution is -2.30. The Hall–Kier alpha value is -0.880. The number of nitrogens with zero attached hydrogens (tertiary/aromatic N) is 2. The fourth-order valence-electron chi connectivity index (χ4n) is 2.41. The molecule has 0 amide bonds. The molecule has 1 aromatic carbocycles. The van der Waals surface area contributed by atoms with Crippen molar-refractivity contribution in [1.82, 2.24) is 15.2 Å². The summed E-state index contributed by atoms with van der Waals surface area (Å²) in [7, 11) is 1.95. The van der Waals surface area contributed by atoms with Crippen LogP contribution in [-0.2, 0) is 19.9 Å². The summed E-state index contributed by atoms with van der Waals surface area (Å²) in [5, 5.41) is 5.24. The van der Waals surface area contributed by atoms with Crippen LogP contribution < -0.4 is 11.3 Å². The van der Waals surface area contributed by atoms with Crippen LogP contribution in [0.15, 0.2) is 22.7 Å². The molecular formula is C15H20BrClN4. The van der Waals surface area contributed by atoms with Crippen LogP contribution in [0.3, 0.4) is 0 Å². The first-order valence-corrected chi connectivity index (χ1v) is 8.07. The van der Waals surface area contributed by atoms with Crippen molar-refractivity contribution in [2.45, 2.75) is 32.7 Å². The van der Waals surface area contributed by atoms with Crippen molar-refractivity contribution in [1.29, 1.82) is 0 Å². The van der Waals surface area contributed by atoms with Gasteiger partial charge in [0.2, 0.25) is 0 Å². The zero-order valence-corrected chi connectivity index (χ0v) is 14.8. The average Bonchev–Trinajstić information content (AvgIpc) is 2.72. The predicted molar refractivity (Wildman–Crippen MR) is 90.2 cm³/mol. The Balaban J connectivity index is 2.33. The topological polar surface area (TPSA) is 55.9 Å². The van der Waals surface area contributed by atoms with Gasteiger partial charge in [-0.1, -0.05) is 30.7 Å². The van der Waals surface area contributed by atoms with Crippen molar-refractivity contribution >= 4 is 27.5 Å². The summed E-state index contributed by atoms with van der Waals surface area (Å²) in [6, 6.07) is 5.96. The van der Waals surface area contributed by atoms with E-state index >= 15 is 0 Å². The molecule has 2 aromatic rings. The maximum Gasteiger partial charge on any atom is 0.0766 e. The van der Waals surface area contributed by atoms with Gasteiger partial charge in [0.1, 0.15) is 0 Å². The van der Waals surface area contributed by atoms with Gasteiger partial charge in [0.15, 0.2) is 0 Å². The lowest BCUT2D eigenvalue weighted by atomic mass is 10.0. The molecule has 0 fully saturated rings. The third-order valence-corrected chi connectivity index (χ3v) is 4.88. The molecule has 0 saturated heterocycles. The van der Waals surface area contributed by atoms with Crippen molar-refractivity contribution in [2.24, 2.45) is 12.9 Å². The van der Waals surface area contributed by atoms with E-state index in [1.54, 1.807) is 0 Å². The highest BCUT2D eigenvalue weighted by molar-refractivity contribution is 9.10. The van der Waals surface area contributed by atoms with Crippen LogP contribution in [0.2, 0.25) is 5.02 Å². The predicted octanol–water partition coefficient (Wildman–Crippen LogP) is 3.45. The van der Waals surface area contributed by atoms with Gasteiger partial charge in [-0.25, -0.2) is 0 Å². The molecule has 1 atom stereocenters. The number of rotatable bonds is 5. The van der Waals surface area contributed by atoms with E-state index in [-0.39, 0.29) is 6.04 Å². The third kappa shape index (κ3) is 3.48. The normalized spacial score (nSPS) is 12.7. The van der Waals surface area contributed by atoms with E-state index in [0.29, 0.717) is 6.42 Å². The number of nitrogens with two attached hydrogens (primary N) is 1. The lowest BCUT2D eigenvalue weighted by molar-refractivity contribution is 0.529. The summed E-state index contributed by atoms with van der Waals surface area (Å²) < 4.78 is 2.95. The number of hydrazine groups is 1. The van der Waals surface area contributed by atoms with E-state index in [2.05, 4.69) is 33.4 Å². The second kappa shape index (κ2) is 6.92. The van der Waals surface area contributed by atoms with Gasteiger partial charge in [-0.05, 0) is 46.5 Å². The molecule has 3 N–H and O–H groups in total. The molecule has 0 spiro atoms. The Kier molecular flexibility index (Phi) is 5.43. The van der Waals surface area contributed by atoms with Crippen LogP contribution in [0.5, 0.6) is 0 Å². The quantitative estimate of drug-likeness (QED) is 0.625. The number of nitrogens with one attached hydrogen (secondary N) is 1. The lowest BCUT2D eigenvalue weighted by Gasteiger charge is -2.18. The Morgan fingerprint density at radius 2 is 2.19 bits per heavy atom. The molecule has 1 unspecified atom stereocenters. The maximum absolute atomic E-state index is 6.35. The maximum atomic E-state index is 6.35. The van der Waals surface area contributed by atoms with E-state index in [9.17, 15) is 0 Å². The van der Waals surface area contributed by atoms with E-state index in [1.165, 1.54) is 0 Å². The minimum Gasteiger partial charge on any atom is -0.271 e. The van der Waals surface area contributed by atoms with Gasteiger partial charge >= 0.3 is 0 Å². The summed E-state index contributed by atoms with van der Waals surface area (Å²) in [6.07, 6.45) is 1.60. The first-order chi connectivity index (χ1) is 9.97. The van der Waals surface area contributed by atoms with Gasteiger partial charge in [-0.2, -0.15) is 5.10 Å². The van der Waals surface area contributed by atoms with Crippen molar-refractivity contribution in [3.63, 3.8) is 0 Å². The molecule has 2 rings (SSSR count). The first kappa shape index (κ1) is 16.5. The molecule has 1 aromatic heterocycles. The van der Waals surface area contributed by atoms with E-state index in [4.69, 9.17) is 17.4 Å². The summed E-state index contributed by atoms with van der Waals surface area (Å²) >= 11 is 9.99. The fraction of sp³-hybridized carbons (Fsp3) is 0.400. The van der Waals surface area contributed by atoms with Crippen LogP contribution in [0.4, 0.5) is 0 Å². The van der Waals surface area contributed by atoms with Crippen molar-refractivity contribution < 1.29 is 0 Å². The molecular weight excluding hydrogens is 352 g/mol. The van der Waals surface area contributed by atoms with Gasteiger partial charge in [-0.3, -0.25) is 16.0 Å². The van der Waals surface area contributed by atoms with Gasteiger partial charge in [0.05, 0.1) is 21.9 Å². The molecule has 0 bridgehead atoms. The molecule has 6 heteroatoms. The number of aryl methyl sites for hydroxylation is 3. The SMILES string of the molecule is CCc1nn(C)c(CC(NN)c2ccc(C)cc2Cl)c1Br. The van der Waals surface area contributed by atoms with E-state index < -0.39 is 0 Å². The third-order valence-electron chi connectivity index (χ3n) is 3.63. The highest BCUT2D eigenvalue weighted by Crippen LogP contribution is 2.30. The molecule has 0 aliphatic rings. The highest BCUT2D eigenvalue weighted by atomic mass is 79.9. The summed E-state index contributed by atoms with van der Waals surface area (Å²) in [4.78, 5) is 0. The zero-order chi connectivity index (χ0) is 15.6. The number of hydrogen-bond acceptors (Lipinski definition) is 3. The molecule has 0 aliphatic carbocycles. The molecule has 0 aliphatic heterocycles. The second-order valence-corrected chi connectivity index (χ2v) is 6.33. The van der Waals surface area contributed by atoms with E-state index in [1.807, 2.05) is 36.9 Å². The number of aromatic nitrogens is 2. The largest absolute Gasteiger partial charge is 0.271 e. The molecule has 21 heavy (non-hydrogen) atoms. The number of benzene rings is 1. The fourth-order valence-corrected chi connectivity index (χ4v) is 3.55. The standard InChI is InChI=1S/C15H20BrClN4/c1-4-12-15(16)14(21(3)20-12)8-13(19-18)10-6-5-9(2)7-11(10)17/h5-7,13,19H,4,8,18H2,1-3H3. The minimum atomic E-state index is -0.0606. The molecule has 0 saturated carbocycles. The summed E-state index contributed by atoms with van der Waals surface area (Å²) in [5.41, 5.74) is 7.15. The van der Waals surface area contributed by atoms with Gasteiger partial charge in [-0.15, -0.1) is 0 Å². The smallest absolute Gasteiger partial charge is 0.0766 e. The van der Waals surface area contributed by atoms with Gasteiger partial charge in [0, 0.05) is 18.5 Å². The Morgan fingerprint density at radius 3 is 2.71 bits per heavy atom. The van der Waals surface area contributed by atoms with Crippen LogP contribution in [0.1, 0.15) is 35.5 Å². The van der Waals surface area contributed by atoms with Crippen molar-refractivity contribution in [2.75, 3.05) is 0 Å². The minimum absolute atomic E-state index is 0.0606. The van der Waals surface area contributed by atoms with E-state index in [0.717, 1.165) is 38.4 Å². The molecule has 4 nitrogen and oxygen atoms in total. The average molecular weight is 372 g/mol. The Labute approximate surface area is 138 Å². The van der Waals surface area contributed by atoms with Crippen LogP contribution in [0.25, 0.3) is 0 Å². The molecule has 114 valence electrons. The van der Waals surface area contributed by atoms with Crippen LogP contribution in [-0.4, -0.2) is 9.78 Å². The monoisotopic (exact) mass is 370 g/mol. The summed E-state index contributed by atoms with van der Waals surface area (Å²) in [5.74, 6) is 5.75. The molecule has 1 heterocycles. The van der Waals surface area contributed by atoms with Crippen molar-refractivity contribution in [3.8, 4) is 0 Å². The zero-order valence-electron chi connectivity index (χ0n) is 12.5. The number of hydrogen-bond donors (Lipinski definition) is 2. The number of halogens is 2. The van der Waals surface area contributed by atoms with Crippen LogP contribution >= 0.6 is 27.5 Å². The Morgan fingerprint density at radius 1 is 1.48 bits per heavy atom. The van der Waals surface area contributed by atoms with Crippen molar-refractivity contribution in [3.05, 3.63) is 50.2 Å². The Bertz CT molecular complexity index is 639. The summed E-state index contributed by atoms with van der Waals surface area (Å²) in [6.45, 7) is 4.11. The highest BCUT2D eigenvalue weighted by Gasteiger charge is 2.20. The van der Waals surface area contributed by atoms with Gasteiger partial charge in [0.25, 0.3) is 0 Å².